The van der Waals surface area contributed by atoms with Crippen LogP contribution in [0.3, 0.4) is 0 Å². The van der Waals surface area contributed by atoms with Gasteiger partial charge in [0.15, 0.2) is 0 Å². The molecule has 31 heavy (non-hydrogen) atoms. The number of fused-ring (bicyclic) bond motifs is 2. The number of para-hydroxylation sites is 1. The second-order valence-electron chi connectivity index (χ2n) is 7.63. The van der Waals surface area contributed by atoms with Crippen molar-refractivity contribution in [2.45, 2.75) is 19.5 Å². The fourth-order valence-electron chi connectivity index (χ4n) is 3.96. The van der Waals surface area contributed by atoms with Crippen LogP contribution in [0.1, 0.15) is 27.3 Å². The Morgan fingerprint density at radius 1 is 1.00 bits per heavy atom. The summed E-state index contributed by atoms with van der Waals surface area (Å²) in [7, 11) is 1.66. The van der Waals surface area contributed by atoms with Gasteiger partial charge in [-0.2, -0.15) is 0 Å². The number of carbonyl (C=O) groups is 1. The Morgan fingerprint density at radius 2 is 1.68 bits per heavy atom. The van der Waals surface area contributed by atoms with E-state index < -0.39 is 0 Å². The highest BCUT2D eigenvalue weighted by Gasteiger charge is 2.26. The largest absolute Gasteiger partial charge is 0.384 e. The van der Waals surface area contributed by atoms with E-state index in [0.29, 0.717) is 37.4 Å². The molecule has 1 amide bonds. The Labute approximate surface area is 180 Å². The minimum absolute atomic E-state index is 0.00804. The SMILES string of the molecule is COCCc1ncc(-c2cc(C(=O)N3Cc4ccccc4C3)c3ccccc3n2)cn1. The zero-order chi connectivity index (χ0) is 21.2. The molecule has 3 heterocycles. The predicted molar refractivity (Wildman–Crippen MR) is 118 cm³/mol. The zero-order valence-corrected chi connectivity index (χ0v) is 17.3. The van der Waals surface area contributed by atoms with Crippen molar-refractivity contribution in [1.82, 2.24) is 19.9 Å². The number of ether oxygens (including phenoxy) is 1. The van der Waals surface area contributed by atoms with Crippen molar-refractivity contribution in [1.29, 1.82) is 0 Å². The molecule has 2 aromatic heterocycles. The summed E-state index contributed by atoms with van der Waals surface area (Å²) in [6, 6.07) is 17.8. The highest BCUT2D eigenvalue weighted by Crippen LogP contribution is 2.29. The van der Waals surface area contributed by atoms with Gasteiger partial charge in [-0.3, -0.25) is 4.79 Å². The molecule has 2 aromatic carbocycles. The van der Waals surface area contributed by atoms with E-state index in [2.05, 4.69) is 22.1 Å². The maximum atomic E-state index is 13.5. The lowest BCUT2D eigenvalue weighted by atomic mass is 10.0. The molecule has 0 atom stereocenters. The number of amides is 1. The van der Waals surface area contributed by atoms with Crippen LogP contribution in [0.2, 0.25) is 0 Å². The number of aromatic nitrogens is 3. The Kier molecular flexibility index (Phi) is 5.14. The quantitative estimate of drug-likeness (QED) is 0.497. The number of hydrogen-bond donors (Lipinski definition) is 0. The number of carbonyl (C=O) groups excluding carboxylic acids is 1. The van der Waals surface area contributed by atoms with Gasteiger partial charge in [0.05, 0.1) is 23.4 Å². The smallest absolute Gasteiger partial charge is 0.255 e. The molecule has 0 aliphatic carbocycles. The summed E-state index contributed by atoms with van der Waals surface area (Å²) in [6.45, 7) is 1.82. The molecule has 1 aliphatic rings. The van der Waals surface area contributed by atoms with Crippen LogP contribution in [-0.4, -0.2) is 39.5 Å². The predicted octanol–water partition coefficient (Wildman–Crippen LogP) is 4.04. The van der Waals surface area contributed by atoms with Crippen LogP contribution < -0.4 is 0 Å². The molecular weight excluding hydrogens is 388 g/mol. The lowest BCUT2D eigenvalue weighted by Crippen LogP contribution is -2.25. The van der Waals surface area contributed by atoms with Gasteiger partial charge < -0.3 is 9.64 Å². The Bertz CT molecular complexity index is 1230. The van der Waals surface area contributed by atoms with Crippen LogP contribution in [0.4, 0.5) is 0 Å². The van der Waals surface area contributed by atoms with E-state index in [1.54, 1.807) is 19.5 Å². The number of rotatable bonds is 5. The number of methoxy groups -OCH3 is 1. The molecule has 0 fully saturated rings. The van der Waals surface area contributed by atoms with Crippen LogP contribution in [-0.2, 0) is 24.2 Å². The lowest BCUT2D eigenvalue weighted by molar-refractivity contribution is 0.0753. The van der Waals surface area contributed by atoms with E-state index in [0.717, 1.165) is 22.3 Å². The first-order valence-corrected chi connectivity index (χ1v) is 10.3. The number of nitrogens with zero attached hydrogens (tertiary/aromatic N) is 4. The average Bonchev–Trinajstić information content (AvgIpc) is 3.26. The summed E-state index contributed by atoms with van der Waals surface area (Å²) < 4.78 is 5.09. The summed E-state index contributed by atoms with van der Waals surface area (Å²) >= 11 is 0. The Morgan fingerprint density at radius 3 is 2.39 bits per heavy atom. The third-order valence-electron chi connectivity index (χ3n) is 5.61. The molecule has 0 saturated heterocycles. The van der Waals surface area contributed by atoms with Crippen LogP contribution in [0.25, 0.3) is 22.2 Å². The molecule has 4 aromatic rings. The number of pyridine rings is 1. The first-order valence-electron chi connectivity index (χ1n) is 10.3. The normalized spacial score (nSPS) is 12.9. The van der Waals surface area contributed by atoms with Crippen LogP contribution in [0, 0.1) is 0 Å². The third-order valence-corrected chi connectivity index (χ3v) is 5.61. The van der Waals surface area contributed by atoms with E-state index in [1.165, 1.54) is 11.1 Å². The molecule has 0 unspecified atom stereocenters. The van der Waals surface area contributed by atoms with Crippen molar-refractivity contribution in [2.24, 2.45) is 0 Å². The molecular formula is C25H22N4O2. The van der Waals surface area contributed by atoms with Crippen LogP contribution in [0.5, 0.6) is 0 Å². The molecule has 0 bridgehead atoms. The molecule has 0 spiro atoms. The monoisotopic (exact) mass is 410 g/mol. The minimum Gasteiger partial charge on any atom is -0.384 e. The van der Waals surface area contributed by atoms with Crippen molar-refractivity contribution in [3.63, 3.8) is 0 Å². The van der Waals surface area contributed by atoms with E-state index in [4.69, 9.17) is 9.72 Å². The van der Waals surface area contributed by atoms with E-state index in [9.17, 15) is 4.79 Å². The van der Waals surface area contributed by atoms with Gasteiger partial charge in [-0.1, -0.05) is 42.5 Å². The molecule has 0 N–H and O–H groups in total. The van der Waals surface area contributed by atoms with Gasteiger partial charge in [-0.05, 0) is 23.3 Å². The summed E-state index contributed by atoms with van der Waals surface area (Å²) in [6.07, 6.45) is 4.17. The summed E-state index contributed by atoms with van der Waals surface area (Å²) in [4.78, 5) is 29.0. The van der Waals surface area contributed by atoms with Gasteiger partial charge in [0.25, 0.3) is 5.91 Å². The molecule has 6 nitrogen and oxygen atoms in total. The fourth-order valence-corrected chi connectivity index (χ4v) is 3.96. The minimum atomic E-state index is 0.00804. The van der Waals surface area contributed by atoms with Gasteiger partial charge in [-0.15, -0.1) is 0 Å². The van der Waals surface area contributed by atoms with Crippen molar-refractivity contribution < 1.29 is 9.53 Å². The molecule has 0 radical (unpaired) electrons. The van der Waals surface area contributed by atoms with Gasteiger partial charge in [0.2, 0.25) is 0 Å². The molecule has 0 saturated carbocycles. The summed E-state index contributed by atoms with van der Waals surface area (Å²) in [5.41, 5.74) is 5.31. The zero-order valence-electron chi connectivity index (χ0n) is 17.3. The topological polar surface area (TPSA) is 68.2 Å². The van der Waals surface area contributed by atoms with E-state index >= 15 is 0 Å². The number of hydrogen-bond acceptors (Lipinski definition) is 5. The third kappa shape index (κ3) is 3.78. The van der Waals surface area contributed by atoms with Crippen molar-refractivity contribution in [3.05, 3.63) is 89.5 Å². The Hall–Kier alpha value is -3.64. The highest BCUT2D eigenvalue weighted by molar-refractivity contribution is 6.07. The van der Waals surface area contributed by atoms with Crippen molar-refractivity contribution in [3.8, 4) is 11.3 Å². The standard InChI is InChI=1S/C25H22N4O2/c1-31-11-10-24-26-13-19(14-27-24)23-12-21(20-8-4-5-9-22(20)28-23)25(30)29-15-17-6-2-3-7-18(17)16-29/h2-9,12-14H,10-11,15-16H2,1H3. The second kappa shape index (κ2) is 8.24. The Balaban J connectivity index is 1.52. The lowest BCUT2D eigenvalue weighted by Gasteiger charge is -2.17. The van der Waals surface area contributed by atoms with Crippen LogP contribution in [0.15, 0.2) is 67.0 Å². The number of benzene rings is 2. The van der Waals surface area contributed by atoms with E-state index in [-0.39, 0.29) is 5.91 Å². The summed E-state index contributed by atoms with van der Waals surface area (Å²) in [5, 5.41) is 0.852. The van der Waals surface area contributed by atoms with Gasteiger partial charge in [0.1, 0.15) is 5.82 Å². The molecule has 5 rings (SSSR count). The molecule has 1 aliphatic heterocycles. The maximum Gasteiger partial charge on any atom is 0.255 e. The maximum absolute atomic E-state index is 13.5. The first kappa shape index (κ1) is 19.3. The molecule has 154 valence electrons. The summed E-state index contributed by atoms with van der Waals surface area (Å²) in [5.74, 6) is 0.728. The van der Waals surface area contributed by atoms with Gasteiger partial charge >= 0.3 is 0 Å². The van der Waals surface area contributed by atoms with Crippen molar-refractivity contribution in [2.75, 3.05) is 13.7 Å². The molecule has 6 heteroatoms. The fraction of sp³-hybridized carbons (Fsp3) is 0.200. The second-order valence-corrected chi connectivity index (χ2v) is 7.63. The first-order chi connectivity index (χ1) is 15.2. The van der Waals surface area contributed by atoms with Crippen LogP contribution >= 0.6 is 0 Å². The van der Waals surface area contributed by atoms with Crippen molar-refractivity contribution >= 4 is 16.8 Å². The van der Waals surface area contributed by atoms with Gasteiger partial charge in [-0.25, -0.2) is 15.0 Å². The average molecular weight is 410 g/mol. The van der Waals surface area contributed by atoms with Gasteiger partial charge in [0, 0.05) is 50.0 Å². The highest BCUT2D eigenvalue weighted by atomic mass is 16.5. The van der Waals surface area contributed by atoms with E-state index in [1.807, 2.05) is 47.4 Å².